The summed E-state index contributed by atoms with van der Waals surface area (Å²) < 4.78 is 2.45. The van der Waals surface area contributed by atoms with Crippen LogP contribution in [0.1, 0.15) is 51.9 Å². The molecule has 0 saturated carbocycles. The first-order chi connectivity index (χ1) is 10.6. The SMILES string of the molecule is CCCCCCCn1c(=O)c(NCCCCO)nn(C)c1=O. The zero-order valence-electron chi connectivity index (χ0n) is 13.7. The van der Waals surface area contributed by atoms with Crippen molar-refractivity contribution in [3.63, 3.8) is 0 Å². The van der Waals surface area contributed by atoms with Gasteiger partial charge in [-0.3, -0.25) is 9.36 Å². The van der Waals surface area contributed by atoms with E-state index in [4.69, 9.17) is 5.11 Å². The second-order valence-electron chi connectivity index (χ2n) is 5.48. The summed E-state index contributed by atoms with van der Waals surface area (Å²) in [5, 5.41) is 15.7. The molecule has 0 amide bonds. The van der Waals surface area contributed by atoms with Crippen molar-refractivity contribution < 1.29 is 5.11 Å². The minimum atomic E-state index is -0.374. The third kappa shape index (κ3) is 5.63. The largest absolute Gasteiger partial charge is 0.396 e. The molecule has 7 nitrogen and oxygen atoms in total. The molecule has 0 aliphatic carbocycles. The number of nitrogens with zero attached hydrogens (tertiary/aromatic N) is 3. The van der Waals surface area contributed by atoms with E-state index in [1.807, 2.05) is 0 Å². The minimum Gasteiger partial charge on any atom is -0.396 e. The van der Waals surface area contributed by atoms with E-state index in [-0.39, 0.29) is 23.7 Å². The van der Waals surface area contributed by atoms with Crippen LogP contribution in [0.4, 0.5) is 5.82 Å². The summed E-state index contributed by atoms with van der Waals surface area (Å²) in [6.45, 7) is 3.27. The van der Waals surface area contributed by atoms with Crippen molar-refractivity contribution in [2.75, 3.05) is 18.5 Å². The van der Waals surface area contributed by atoms with E-state index in [0.717, 1.165) is 25.7 Å². The highest BCUT2D eigenvalue weighted by molar-refractivity contribution is 5.29. The van der Waals surface area contributed by atoms with Crippen molar-refractivity contribution in [3.8, 4) is 0 Å². The van der Waals surface area contributed by atoms with E-state index in [9.17, 15) is 9.59 Å². The zero-order valence-corrected chi connectivity index (χ0v) is 13.7. The fraction of sp³-hybridized carbons (Fsp3) is 0.800. The Morgan fingerprint density at radius 1 is 1.09 bits per heavy atom. The molecule has 0 fully saturated rings. The van der Waals surface area contributed by atoms with Crippen molar-refractivity contribution in [2.24, 2.45) is 7.05 Å². The van der Waals surface area contributed by atoms with Crippen LogP contribution in [0.2, 0.25) is 0 Å². The predicted molar refractivity (Wildman–Crippen MR) is 87.3 cm³/mol. The van der Waals surface area contributed by atoms with Gasteiger partial charge in [0.05, 0.1) is 0 Å². The predicted octanol–water partition coefficient (Wildman–Crippen LogP) is 1.10. The highest BCUT2D eigenvalue weighted by Crippen LogP contribution is 2.03. The highest BCUT2D eigenvalue weighted by Gasteiger charge is 2.10. The number of aromatic nitrogens is 3. The molecule has 1 aromatic heterocycles. The number of aliphatic hydroxyl groups is 1. The molecule has 0 radical (unpaired) electrons. The van der Waals surface area contributed by atoms with Gasteiger partial charge in [0.2, 0.25) is 5.82 Å². The lowest BCUT2D eigenvalue weighted by Crippen LogP contribution is -2.41. The number of unbranched alkanes of at least 4 members (excludes halogenated alkanes) is 5. The summed E-state index contributed by atoms with van der Waals surface area (Å²) in [7, 11) is 1.55. The number of anilines is 1. The maximum atomic E-state index is 12.3. The summed E-state index contributed by atoms with van der Waals surface area (Å²) in [6.07, 6.45) is 6.73. The second-order valence-corrected chi connectivity index (χ2v) is 5.48. The molecule has 22 heavy (non-hydrogen) atoms. The van der Waals surface area contributed by atoms with Crippen LogP contribution in [0.3, 0.4) is 0 Å². The molecule has 0 aliphatic heterocycles. The quantitative estimate of drug-likeness (QED) is 0.597. The Labute approximate surface area is 131 Å². The van der Waals surface area contributed by atoms with Crippen molar-refractivity contribution in [2.45, 2.75) is 58.4 Å². The third-order valence-electron chi connectivity index (χ3n) is 3.57. The number of hydrogen-bond acceptors (Lipinski definition) is 5. The van der Waals surface area contributed by atoms with Gasteiger partial charge < -0.3 is 10.4 Å². The molecular formula is C15H28N4O3. The van der Waals surface area contributed by atoms with E-state index in [1.54, 1.807) is 7.05 Å². The molecule has 0 aliphatic rings. The van der Waals surface area contributed by atoms with Crippen LogP contribution in [-0.4, -0.2) is 32.6 Å². The second kappa shape index (κ2) is 10.2. The molecule has 0 unspecified atom stereocenters. The third-order valence-corrected chi connectivity index (χ3v) is 3.57. The summed E-state index contributed by atoms with van der Waals surface area (Å²) in [6, 6.07) is 0. The maximum Gasteiger partial charge on any atom is 0.347 e. The fourth-order valence-electron chi connectivity index (χ4n) is 2.25. The van der Waals surface area contributed by atoms with E-state index < -0.39 is 0 Å². The van der Waals surface area contributed by atoms with Crippen LogP contribution < -0.4 is 16.6 Å². The summed E-state index contributed by atoms with van der Waals surface area (Å²) >= 11 is 0. The van der Waals surface area contributed by atoms with Gasteiger partial charge in [-0.25, -0.2) is 9.48 Å². The number of hydrogen-bond donors (Lipinski definition) is 2. The van der Waals surface area contributed by atoms with Crippen molar-refractivity contribution in [1.82, 2.24) is 14.3 Å². The lowest BCUT2D eigenvalue weighted by atomic mass is 10.1. The van der Waals surface area contributed by atoms with Gasteiger partial charge in [0.15, 0.2) is 0 Å². The van der Waals surface area contributed by atoms with Crippen LogP contribution in [0.25, 0.3) is 0 Å². The standard InChI is InChI=1S/C15H28N4O3/c1-3-4-5-6-8-11-19-14(21)13(16-10-7-9-12-20)17-18(2)15(19)22/h20H,3-12H2,1-2H3,(H,16,17). The number of aryl methyl sites for hydroxylation is 1. The van der Waals surface area contributed by atoms with Gasteiger partial charge in [-0.15, -0.1) is 5.10 Å². The van der Waals surface area contributed by atoms with Gasteiger partial charge in [0.1, 0.15) is 0 Å². The van der Waals surface area contributed by atoms with Crippen molar-refractivity contribution in [3.05, 3.63) is 20.8 Å². The maximum absolute atomic E-state index is 12.3. The lowest BCUT2D eigenvalue weighted by molar-refractivity contribution is 0.286. The number of nitrogens with one attached hydrogen (secondary N) is 1. The van der Waals surface area contributed by atoms with Crippen LogP contribution in [0.5, 0.6) is 0 Å². The molecule has 1 aromatic rings. The average molecular weight is 312 g/mol. The Kier molecular flexibility index (Phi) is 8.50. The van der Waals surface area contributed by atoms with Gasteiger partial charge in [-0.05, 0) is 19.3 Å². The van der Waals surface area contributed by atoms with Gasteiger partial charge in [0.25, 0.3) is 5.56 Å². The first-order valence-corrected chi connectivity index (χ1v) is 8.14. The normalized spacial score (nSPS) is 10.9. The number of rotatable bonds is 11. The lowest BCUT2D eigenvalue weighted by Gasteiger charge is -2.10. The minimum absolute atomic E-state index is 0.129. The van der Waals surface area contributed by atoms with Crippen LogP contribution in [0.15, 0.2) is 9.59 Å². The number of aliphatic hydroxyl groups excluding tert-OH is 1. The van der Waals surface area contributed by atoms with E-state index in [0.29, 0.717) is 19.5 Å². The Bertz CT molecular complexity index is 551. The smallest absolute Gasteiger partial charge is 0.347 e. The summed E-state index contributed by atoms with van der Waals surface area (Å²) in [4.78, 5) is 24.3. The van der Waals surface area contributed by atoms with Crippen LogP contribution in [0, 0.1) is 0 Å². The summed E-state index contributed by atoms with van der Waals surface area (Å²) in [5.41, 5.74) is -0.732. The van der Waals surface area contributed by atoms with Gasteiger partial charge in [0, 0.05) is 26.7 Å². The topological polar surface area (TPSA) is 89.2 Å². The molecule has 2 N–H and O–H groups in total. The fourth-order valence-corrected chi connectivity index (χ4v) is 2.25. The first kappa shape index (κ1) is 18.4. The molecule has 1 rings (SSSR count). The Morgan fingerprint density at radius 3 is 2.50 bits per heavy atom. The highest BCUT2D eigenvalue weighted by atomic mass is 16.3. The molecule has 0 bridgehead atoms. The molecule has 0 spiro atoms. The molecule has 0 saturated heterocycles. The molecular weight excluding hydrogens is 284 g/mol. The molecule has 0 atom stereocenters. The Morgan fingerprint density at radius 2 is 1.82 bits per heavy atom. The van der Waals surface area contributed by atoms with E-state index in [1.165, 1.54) is 22.1 Å². The zero-order chi connectivity index (χ0) is 16.4. The molecule has 7 heteroatoms. The first-order valence-electron chi connectivity index (χ1n) is 8.14. The monoisotopic (exact) mass is 312 g/mol. The van der Waals surface area contributed by atoms with E-state index >= 15 is 0 Å². The van der Waals surface area contributed by atoms with Crippen molar-refractivity contribution >= 4 is 5.82 Å². The molecule has 0 aromatic carbocycles. The average Bonchev–Trinajstić information content (AvgIpc) is 2.51. The van der Waals surface area contributed by atoms with Crippen LogP contribution in [-0.2, 0) is 13.6 Å². The van der Waals surface area contributed by atoms with Gasteiger partial charge >= 0.3 is 5.69 Å². The Hall–Kier alpha value is -1.63. The van der Waals surface area contributed by atoms with Crippen molar-refractivity contribution in [1.29, 1.82) is 0 Å². The van der Waals surface area contributed by atoms with Gasteiger partial charge in [-0.1, -0.05) is 32.6 Å². The molecule has 1 heterocycles. The van der Waals surface area contributed by atoms with Crippen LogP contribution >= 0.6 is 0 Å². The summed E-state index contributed by atoms with van der Waals surface area (Å²) in [5.74, 6) is 0.202. The molecule has 126 valence electrons. The Balaban J connectivity index is 2.72. The van der Waals surface area contributed by atoms with E-state index in [2.05, 4.69) is 17.3 Å². The van der Waals surface area contributed by atoms with Gasteiger partial charge in [-0.2, -0.15) is 0 Å².